The maximum absolute atomic E-state index is 3.74. The summed E-state index contributed by atoms with van der Waals surface area (Å²) < 4.78 is 0. The zero-order chi connectivity index (χ0) is 11.9. The molecule has 1 N–H and O–H groups in total. The van der Waals surface area contributed by atoms with Crippen LogP contribution < -0.4 is 5.32 Å². The summed E-state index contributed by atoms with van der Waals surface area (Å²) in [5.74, 6) is 0.946. The van der Waals surface area contributed by atoms with Crippen molar-refractivity contribution in [3.05, 3.63) is 0 Å². The number of piperidine rings is 1. The Kier molecular flexibility index (Phi) is 3.20. The molecular formula is C15H28N2. The minimum absolute atomic E-state index is 0.547. The summed E-state index contributed by atoms with van der Waals surface area (Å²) in [6.45, 7) is 8.92. The first-order valence-electron chi connectivity index (χ1n) is 7.64. The van der Waals surface area contributed by atoms with E-state index in [1.165, 1.54) is 58.2 Å². The fraction of sp³-hybridized carbons (Fsp3) is 1.00. The van der Waals surface area contributed by atoms with E-state index in [2.05, 4.69) is 24.1 Å². The van der Waals surface area contributed by atoms with E-state index in [1.807, 2.05) is 0 Å². The van der Waals surface area contributed by atoms with Crippen molar-refractivity contribution in [2.45, 2.75) is 64.5 Å². The third-order valence-corrected chi connectivity index (χ3v) is 5.52. The molecule has 2 saturated heterocycles. The molecule has 17 heavy (non-hydrogen) atoms. The Morgan fingerprint density at radius 2 is 1.94 bits per heavy atom. The lowest BCUT2D eigenvalue weighted by atomic mass is 9.72. The fourth-order valence-corrected chi connectivity index (χ4v) is 4.49. The summed E-state index contributed by atoms with van der Waals surface area (Å²) in [7, 11) is 0. The number of hydrogen-bond donors (Lipinski definition) is 1. The van der Waals surface area contributed by atoms with Crippen LogP contribution in [0.4, 0.5) is 0 Å². The molecule has 3 aliphatic rings. The van der Waals surface area contributed by atoms with Gasteiger partial charge >= 0.3 is 0 Å². The first-order valence-corrected chi connectivity index (χ1v) is 7.64. The molecule has 98 valence electrons. The number of fused-ring (bicyclic) bond motifs is 1. The van der Waals surface area contributed by atoms with E-state index in [0.717, 1.165) is 18.0 Å². The van der Waals surface area contributed by atoms with E-state index >= 15 is 0 Å². The van der Waals surface area contributed by atoms with Gasteiger partial charge in [-0.15, -0.1) is 0 Å². The van der Waals surface area contributed by atoms with Gasteiger partial charge in [0.25, 0.3) is 0 Å². The zero-order valence-corrected chi connectivity index (χ0v) is 11.5. The van der Waals surface area contributed by atoms with Gasteiger partial charge in [-0.2, -0.15) is 0 Å². The second-order valence-electron chi connectivity index (χ2n) is 7.17. The summed E-state index contributed by atoms with van der Waals surface area (Å²) in [4.78, 5) is 2.83. The molecule has 0 aromatic heterocycles. The minimum atomic E-state index is 0.547. The maximum Gasteiger partial charge on any atom is 0.0235 e. The van der Waals surface area contributed by atoms with Crippen LogP contribution in [0.15, 0.2) is 0 Å². The van der Waals surface area contributed by atoms with E-state index in [4.69, 9.17) is 0 Å². The van der Waals surface area contributed by atoms with Gasteiger partial charge in [0.1, 0.15) is 0 Å². The normalized spacial score (nSPS) is 42.4. The van der Waals surface area contributed by atoms with E-state index < -0.39 is 0 Å². The third-order valence-electron chi connectivity index (χ3n) is 5.52. The molecule has 0 radical (unpaired) electrons. The van der Waals surface area contributed by atoms with Crippen molar-refractivity contribution < 1.29 is 0 Å². The lowest BCUT2D eigenvalue weighted by Gasteiger charge is -2.44. The number of nitrogens with one attached hydrogen (secondary N) is 1. The van der Waals surface area contributed by atoms with Crippen molar-refractivity contribution in [3.63, 3.8) is 0 Å². The Balaban J connectivity index is 1.68. The molecule has 3 rings (SSSR count). The molecule has 3 atom stereocenters. The maximum atomic E-state index is 3.74. The van der Waals surface area contributed by atoms with Crippen LogP contribution in [-0.2, 0) is 0 Å². The molecule has 2 aliphatic heterocycles. The van der Waals surface area contributed by atoms with Gasteiger partial charge in [-0.1, -0.05) is 26.7 Å². The summed E-state index contributed by atoms with van der Waals surface area (Å²) in [6, 6.07) is 1.66. The minimum Gasteiger partial charge on any atom is -0.312 e. The van der Waals surface area contributed by atoms with Gasteiger partial charge in [-0.05, 0) is 43.6 Å². The Morgan fingerprint density at radius 1 is 1.06 bits per heavy atom. The first-order chi connectivity index (χ1) is 8.17. The number of likely N-dealkylation sites (tertiary alicyclic amines) is 1. The van der Waals surface area contributed by atoms with Crippen molar-refractivity contribution in [3.8, 4) is 0 Å². The van der Waals surface area contributed by atoms with Gasteiger partial charge in [-0.25, -0.2) is 0 Å². The third kappa shape index (κ3) is 2.26. The van der Waals surface area contributed by atoms with E-state index in [0.29, 0.717) is 5.41 Å². The van der Waals surface area contributed by atoms with Crippen molar-refractivity contribution in [2.24, 2.45) is 11.3 Å². The largest absolute Gasteiger partial charge is 0.312 e. The van der Waals surface area contributed by atoms with Crippen LogP contribution >= 0.6 is 0 Å². The highest BCUT2D eigenvalue weighted by atomic mass is 15.2. The van der Waals surface area contributed by atoms with Gasteiger partial charge in [0.2, 0.25) is 0 Å². The Hall–Kier alpha value is -0.0800. The summed E-state index contributed by atoms with van der Waals surface area (Å²) in [5.41, 5.74) is 0.547. The summed E-state index contributed by atoms with van der Waals surface area (Å²) >= 11 is 0. The Bertz CT molecular complexity index is 260. The molecule has 3 unspecified atom stereocenters. The van der Waals surface area contributed by atoms with Gasteiger partial charge in [0.15, 0.2) is 0 Å². The molecule has 0 bridgehead atoms. The molecule has 2 heterocycles. The standard InChI is InChI=1S/C15H28N2/c1-15(2)8-4-3-7-14(15)17-10-12-6-5-9-16-13(12)11-17/h12-14,16H,3-11H2,1-2H3. The van der Waals surface area contributed by atoms with Gasteiger partial charge in [0, 0.05) is 25.2 Å². The quantitative estimate of drug-likeness (QED) is 0.753. The highest BCUT2D eigenvalue weighted by molar-refractivity contribution is 4.98. The number of nitrogens with zero attached hydrogens (tertiary/aromatic N) is 1. The van der Waals surface area contributed by atoms with E-state index in [1.54, 1.807) is 0 Å². The van der Waals surface area contributed by atoms with Crippen LogP contribution in [0.5, 0.6) is 0 Å². The second kappa shape index (κ2) is 4.55. The Morgan fingerprint density at radius 3 is 2.71 bits per heavy atom. The highest BCUT2D eigenvalue weighted by Crippen LogP contribution is 2.41. The average molecular weight is 236 g/mol. The smallest absolute Gasteiger partial charge is 0.0235 e. The predicted molar refractivity (Wildman–Crippen MR) is 72.1 cm³/mol. The fourth-order valence-electron chi connectivity index (χ4n) is 4.49. The number of hydrogen-bond acceptors (Lipinski definition) is 2. The van der Waals surface area contributed by atoms with Gasteiger partial charge in [0.05, 0.1) is 0 Å². The van der Waals surface area contributed by atoms with E-state index in [9.17, 15) is 0 Å². The molecule has 0 spiro atoms. The van der Waals surface area contributed by atoms with Gasteiger partial charge < -0.3 is 5.32 Å². The molecule has 0 aromatic carbocycles. The van der Waals surface area contributed by atoms with Crippen molar-refractivity contribution in [2.75, 3.05) is 19.6 Å². The van der Waals surface area contributed by atoms with Crippen LogP contribution in [0.1, 0.15) is 52.4 Å². The average Bonchev–Trinajstić information content (AvgIpc) is 2.71. The van der Waals surface area contributed by atoms with Crippen molar-refractivity contribution >= 4 is 0 Å². The summed E-state index contributed by atoms with van der Waals surface area (Å²) in [6.07, 6.45) is 8.61. The Labute approximate surface area is 106 Å². The molecule has 0 amide bonds. The first kappa shape index (κ1) is 12.0. The molecule has 1 aliphatic carbocycles. The number of rotatable bonds is 1. The molecule has 1 saturated carbocycles. The second-order valence-corrected chi connectivity index (χ2v) is 7.17. The van der Waals surface area contributed by atoms with Crippen LogP contribution in [0, 0.1) is 11.3 Å². The predicted octanol–water partition coefficient (Wildman–Crippen LogP) is 2.64. The lowest BCUT2D eigenvalue weighted by molar-refractivity contribution is 0.0631. The highest BCUT2D eigenvalue weighted by Gasteiger charge is 2.42. The van der Waals surface area contributed by atoms with Crippen molar-refractivity contribution in [1.29, 1.82) is 0 Å². The molecule has 2 heteroatoms. The monoisotopic (exact) mass is 236 g/mol. The van der Waals surface area contributed by atoms with E-state index in [-0.39, 0.29) is 0 Å². The molecular weight excluding hydrogens is 208 g/mol. The van der Waals surface area contributed by atoms with Crippen molar-refractivity contribution in [1.82, 2.24) is 10.2 Å². The summed E-state index contributed by atoms with van der Waals surface area (Å²) in [5, 5.41) is 3.74. The topological polar surface area (TPSA) is 15.3 Å². The van der Waals surface area contributed by atoms with Crippen LogP contribution in [0.2, 0.25) is 0 Å². The molecule has 3 fully saturated rings. The molecule has 0 aromatic rings. The van der Waals surface area contributed by atoms with Crippen LogP contribution in [0.25, 0.3) is 0 Å². The lowest BCUT2D eigenvalue weighted by Crippen LogP contribution is -2.47. The van der Waals surface area contributed by atoms with Gasteiger partial charge in [-0.3, -0.25) is 4.90 Å². The molecule has 2 nitrogen and oxygen atoms in total. The van der Waals surface area contributed by atoms with Crippen LogP contribution in [-0.4, -0.2) is 36.6 Å². The SMILES string of the molecule is CC1(C)CCCCC1N1CC2CCCNC2C1. The zero-order valence-electron chi connectivity index (χ0n) is 11.5. The van der Waals surface area contributed by atoms with Crippen LogP contribution in [0.3, 0.4) is 0 Å².